The van der Waals surface area contributed by atoms with Gasteiger partial charge < -0.3 is 9.47 Å². The van der Waals surface area contributed by atoms with Crippen LogP contribution < -0.4 is 4.74 Å². The van der Waals surface area contributed by atoms with Gasteiger partial charge in [0.1, 0.15) is 11.4 Å². The number of esters is 1. The average Bonchev–Trinajstić information content (AvgIpc) is 2.89. The molecule has 106 valence electrons. The number of nitrogens with one attached hydrogen (secondary N) is 1. The summed E-state index contributed by atoms with van der Waals surface area (Å²) in [7, 11) is 1.32. The molecule has 0 aliphatic rings. The Morgan fingerprint density at radius 3 is 2.70 bits per heavy atom. The summed E-state index contributed by atoms with van der Waals surface area (Å²) in [4.78, 5) is 11.4. The molecule has 0 fully saturated rings. The Kier molecular flexibility index (Phi) is 4.29. The lowest BCUT2D eigenvalue weighted by molar-refractivity contribution is 0.0594. The highest BCUT2D eigenvalue weighted by Gasteiger charge is 2.12. The number of rotatable bonds is 4. The van der Waals surface area contributed by atoms with E-state index in [0.717, 1.165) is 5.56 Å². The fraction of sp³-hybridized carbons (Fsp3) is 0.286. The van der Waals surface area contributed by atoms with E-state index in [9.17, 15) is 4.79 Å². The predicted octanol–water partition coefficient (Wildman–Crippen LogP) is 3.30. The second-order valence-corrected chi connectivity index (χ2v) is 4.88. The van der Waals surface area contributed by atoms with Crippen LogP contribution in [0.4, 0.5) is 0 Å². The molecule has 0 aliphatic carbocycles. The van der Waals surface area contributed by atoms with Gasteiger partial charge in [-0.15, -0.1) is 0 Å². The third-order valence-electron chi connectivity index (χ3n) is 2.57. The predicted molar refractivity (Wildman–Crippen MR) is 76.1 cm³/mol. The maximum atomic E-state index is 11.4. The zero-order valence-corrected chi connectivity index (χ0v) is 12.2. The number of ether oxygens (including phenoxy) is 2. The molecule has 0 bridgehead atoms. The Labute approximate surface area is 121 Å². The first-order valence-electron chi connectivity index (χ1n) is 6.11. The minimum atomic E-state index is -0.463. The van der Waals surface area contributed by atoms with Crippen molar-refractivity contribution in [2.75, 3.05) is 7.11 Å². The first-order chi connectivity index (χ1) is 9.51. The Morgan fingerprint density at radius 2 is 2.10 bits per heavy atom. The Bertz CT molecular complexity index is 623. The largest absolute Gasteiger partial charge is 0.489 e. The summed E-state index contributed by atoms with van der Waals surface area (Å²) in [6.45, 7) is 3.86. The van der Waals surface area contributed by atoms with Gasteiger partial charge in [0.25, 0.3) is 0 Å². The molecule has 0 amide bonds. The number of aromatic nitrogens is 2. The molecule has 0 unspecified atom stereocenters. The summed E-state index contributed by atoms with van der Waals surface area (Å²) in [5.41, 5.74) is 1.70. The molecule has 0 aliphatic heterocycles. The molecule has 1 aromatic carbocycles. The van der Waals surface area contributed by atoms with Gasteiger partial charge in [0, 0.05) is 5.56 Å². The van der Waals surface area contributed by atoms with Gasteiger partial charge in [-0.2, -0.15) is 5.10 Å². The van der Waals surface area contributed by atoms with E-state index >= 15 is 0 Å². The van der Waals surface area contributed by atoms with E-state index in [-0.39, 0.29) is 6.10 Å². The van der Waals surface area contributed by atoms with Crippen molar-refractivity contribution in [1.29, 1.82) is 0 Å². The van der Waals surface area contributed by atoms with Crippen LogP contribution in [0.1, 0.15) is 24.3 Å². The first kappa shape index (κ1) is 14.4. The van der Waals surface area contributed by atoms with Crippen LogP contribution in [0.15, 0.2) is 24.3 Å². The molecule has 2 rings (SSSR count). The van der Waals surface area contributed by atoms with Crippen molar-refractivity contribution in [3.63, 3.8) is 0 Å². The van der Waals surface area contributed by atoms with Gasteiger partial charge in [0.05, 0.1) is 23.9 Å². The van der Waals surface area contributed by atoms with Crippen LogP contribution in [0.5, 0.6) is 5.75 Å². The van der Waals surface area contributed by atoms with Crippen molar-refractivity contribution >= 4 is 17.6 Å². The minimum Gasteiger partial charge on any atom is -0.489 e. The van der Waals surface area contributed by atoms with Crippen LogP contribution in [0, 0.1) is 0 Å². The second kappa shape index (κ2) is 5.96. The van der Waals surface area contributed by atoms with Crippen LogP contribution in [-0.4, -0.2) is 29.4 Å². The van der Waals surface area contributed by atoms with Crippen molar-refractivity contribution in [2.45, 2.75) is 20.0 Å². The van der Waals surface area contributed by atoms with Gasteiger partial charge in [-0.3, -0.25) is 5.10 Å². The number of nitrogens with zero attached hydrogens (tertiary/aromatic N) is 1. The zero-order valence-electron chi connectivity index (χ0n) is 11.4. The zero-order chi connectivity index (χ0) is 14.7. The molecule has 0 saturated heterocycles. The number of methoxy groups -OCH3 is 1. The lowest BCUT2D eigenvalue weighted by Crippen LogP contribution is -2.05. The number of H-pyrrole nitrogens is 1. The molecule has 0 spiro atoms. The van der Waals surface area contributed by atoms with Crippen LogP contribution in [0.25, 0.3) is 11.3 Å². The van der Waals surface area contributed by atoms with Crippen LogP contribution >= 0.6 is 11.6 Å². The van der Waals surface area contributed by atoms with Crippen molar-refractivity contribution in [2.24, 2.45) is 0 Å². The van der Waals surface area contributed by atoms with Gasteiger partial charge in [-0.05, 0) is 38.1 Å². The number of hydrogen-bond acceptors (Lipinski definition) is 4. The van der Waals surface area contributed by atoms with Crippen LogP contribution in [-0.2, 0) is 4.74 Å². The molecule has 1 aromatic heterocycles. The fourth-order valence-corrected chi connectivity index (χ4v) is 1.92. The Morgan fingerprint density at radius 1 is 1.35 bits per heavy atom. The van der Waals surface area contributed by atoms with Gasteiger partial charge in [0.15, 0.2) is 0 Å². The molecular formula is C14H15ClN2O3. The van der Waals surface area contributed by atoms with Gasteiger partial charge in [0.2, 0.25) is 0 Å². The molecule has 0 atom stereocenters. The highest BCUT2D eigenvalue weighted by Crippen LogP contribution is 2.30. The topological polar surface area (TPSA) is 64.2 Å². The number of benzene rings is 1. The fourth-order valence-electron chi connectivity index (χ4n) is 1.69. The van der Waals surface area contributed by atoms with Crippen LogP contribution in [0.3, 0.4) is 0 Å². The molecule has 0 saturated carbocycles. The molecule has 6 heteroatoms. The molecule has 2 aromatic rings. The lowest BCUT2D eigenvalue weighted by atomic mass is 10.1. The maximum absolute atomic E-state index is 11.4. The van der Waals surface area contributed by atoms with Crippen molar-refractivity contribution in [3.8, 4) is 17.0 Å². The van der Waals surface area contributed by atoms with Gasteiger partial charge in [-0.25, -0.2) is 4.79 Å². The van der Waals surface area contributed by atoms with E-state index < -0.39 is 5.97 Å². The Hall–Kier alpha value is -2.01. The summed E-state index contributed by atoms with van der Waals surface area (Å²) < 4.78 is 10.2. The number of halogens is 1. The lowest BCUT2D eigenvalue weighted by Gasteiger charge is -2.11. The standard InChI is InChI=1S/C14H15ClN2O3/c1-8(2)20-13-5-4-9(6-10(13)15)11-7-12(17-16-11)14(18)19-3/h4-8H,1-3H3,(H,16,17). The summed E-state index contributed by atoms with van der Waals surface area (Å²) in [6.07, 6.45) is 0.0506. The minimum absolute atomic E-state index is 0.0506. The first-order valence-corrected chi connectivity index (χ1v) is 6.49. The van der Waals surface area contributed by atoms with Crippen molar-refractivity contribution < 1.29 is 14.3 Å². The SMILES string of the molecule is COC(=O)c1cc(-c2ccc(OC(C)C)c(Cl)c2)n[nH]1. The summed E-state index contributed by atoms with van der Waals surface area (Å²) in [6, 6.07) is 6.97. The van der Waals surface area contributed by atoms with E-state index in [1.54, 1.807) is 18.2 Å². The van der Waals surface area contributed by atoms with Crippen molar-refractivity contribution in [1.82, 2.24) is 10.2 Å². The van der Waals surface area contributed by atoms with E-state index in [1.165, 1.54) is 7.11 Å². The number of aromatic amines is 1. The van der Waals surface area contributed by atoms with Gasteiger partial charge >= 0.3 is 5.97 Å². The molecule has 20 heavy (non-hydrogen) atoms. The van der Waals surface area contributed by atoms with E-state index in [4.69, 9.17) is 16.3 Å². The molecule has 1 N–H and O–H groups in total. The average molecular weight is 295 g/mol. The molecule has 0 radical (unpaired) electrons. The summed E-state index contributed by atoms with van der Waals surface area (Å²) >= 11 is 6.17. The molecule has 1 heterocycles. The number of carbonyl (C=O) groups excluding carboxylic acids is 1. The van der Waals surface area contributed by atoms with E-state index in [0.29, 0.717) is 22.2 Å². The third kappa shape index (κ3) is 3.11. The number of hydrogen-bond donors (Lipinski definition) is 1. The summed E-state index contributed by atoms with van der Waals surface area (Å²) in [5, 5.41) is 7.18. The van der Waals surface area contributed by atoms with Crippen LogP contribution in [0.2, 0.25) is 5.02 Å². The number of carbonyl (C=O) groups is 1. The smallest absolute Gasteiger partial charge is 0.356 e. The quantitative estimate of drug-likeness (QED) is 0.879. The molecule has 5 nitrogen and oxygen atoms in total. The van der Waals surface area contributed by atoms with E-state index in [2.05, 4.69) is 14.9 Å². The second-order valence-electron chi connectivity index (χ2n) is 4.47. The van der Waals surface area contributed by atoms with E-state index in [1.807, 2.05) is 19.9 Å². The maximum Gasteiger partial charge on any atom is 0.356 e. The third-order valence-corrected chi connectivity index (χ3v) is 2.87. The molecular weight excluding hydrogens is 280 g/mol. The highest BCUT2D eigenvalue weighted by atomic mass is 35.5. The highest BCUT2D eigenvalue weighted by molar-refractivity contribution is 6.32. The normalized spacial score (nSPS) is 10.7. The van der Waals surface area contributed by atoms with Crippen molar-refractivity contribution in [3.05, 3.63) is 35.0 Å². The van der Waals surface area contributed by atoms with Gasteiger partial charge in [-0.1, -0.05) is 11.6 Å². The Balaban J connectivity index is 2.27. The monoisotopic (exact) mass is 294 g/mol. The summed E-state index contributed by atoms with van der Waals surface area (Å²) in [5.74, 6) is 0.156.